The number of fused-ring (bicyclic) bond motifs is 1. The molecular weight excluding hydrogens is 228 g/mol. The Bertz CT molecular complexity index is 731. The van der Waals surface area contributed by atoms with Gasteiger partial charge in [0, 0.05) is 24.9 Å². The molecule has 0 radical (unpaired) electrons. The summed E-state index contributed by atoms with van der Waals surface area (Å²) < 4.78 is 5.48. The number of furan rings is 1. The lowest BCUT2D eigenvalue weighted by atomic mass is 10.1. The Labute approximate surface area is 103 Å². The van der Waals surface area contributed by atoms with Gasteiger partial charge in [0.25, 0.3) is 0 Å². The average molecular weight is 238 g/mol. The first kappa shape index (κ1) is 10.7. The van der Waals surface area contributed by atoms with E-state index in [0.29, 0.717) is 11.5 Å². The summed E-state index contributed by atoms with van der Waals surface area (Å²) in [5, 5.41) is 0. The second kappa shape index (κ2) is 4.07. The van der Waals surface area contributed by atoms with Gasteiger partial charge in [-0.1, -0.05) is 0 Å². The van der Waals surface area contributed by atoms with Gasteiger partial charge in [-0.15, -0.1) is 0 Å². The van der Waals surface area contributed by atoms with Gasteiger partial charge >= 0.3 is 0 Å². The van der Waals surface area contributed by atoms with E-state index in [1.54, 1.807) is 24.5 Å². The van der Waals surface area contributed by atoms with Crippen LogP contribution in [-0.2, 0) is 0 Å². The smallest absolute Gasteiger partial charge is 0.194 e. The Morgan fingerprint density at radius 1 is 1.06 bits per heavy atom. The van der Waals surface area contributed by atoms with Crippen LogP contribution in [0, 0.1) is 0 Å². The van der Waals surface area contributed by atoms with Crippen molar-refractivity contribution in [3.05, 3.63) is 48.5 Å². The largest absolute Gasteiger partial charge is 0.453 e. The molecule has 0 fully saturated rings. The minimum Gasteiger partial charge on any atom is -0.453 e. The highest BCUT2D eigenvalue weighted by Crippen LogP contribution is 2.24. The highest BCUT2D eigenvalue weighted by molar-refractivity contribution is 5.92. The molecule has 0 bridgehead atoms. The fourth-order valence-corrected chi connectivity index (χ4v) is 1.80. The number of nitrogens with zero attached hydrogens (tertiary/aromatic N) is 2. The fourth-order valence-electron chi connectivity index (χ4n) is 1.80. The molecule has 0 saturated carbocycles. The van der Waals surface area contributed by atoms with E-state index in [1.165, 1.54) is 6.92 Å². The number of carbonyl (C=O) groups excluding carboxylic acids is 1. The summed E-state index contributed by atoms with van der Waals surface area (Å²) in [5.41, 5.74) is 2.52. The molecule has 3 aromatic rings. The van der Waals surface area contributed by atoms with Gasteiger partial charge in [0.05, 0.1) is 11.0 Å². The molecule has 2 heterocycles. The van der Waals surface area contributed by atoms with Gasteiger partial charge < -0.3 is 4.42 Å². The van der Waals surface area contributed by atoms with Crippen LogP contribution < -0.4 is 0 Å². The van der Waals surface area contributed by atoms with Crippen molar-refractivity contribution in [2.24, 2.45) is 0 Å². The van der Waals surface area contributed by atoms with Crippen molar-refractivity contribution >= 4 is 16.8 Å². The molecule has 4 heteroatoms. The Morgan fingerprint density at radius 3 is 2.56 bits per heavy atom. The highest BCUT2D eigenvalue weighted by Gasteiger charge is 2.08. The lowest BCUT2D eigenvalue weighted by Crippen LogP contribution is -1.86. The summed E-state index contributed by atoms with van der Waals surface area (Å²) in [5.74, 6) is 0.943. The molecule has 0 atom stereocenters. The second-order valence-electron chi connectivity index (χ2n) is 3.98. The Kier molecular flexibility index (Phi) is 2.41. The number of hydrogen-bond donors (Lipinski definition) is 0. The van der Waals surface area contributed by atoms with Crippen molar-refractivity contribution in [3.63, 3.8) is 0 Å². The normalized spacial score (nSPS) is 10.7. The fraction of sp³-hybridized carbons (Fsp3) is 0.0714. The first-order valence-corrected chi connectivity index (χ1v) is 5.56. The second-order valence-corrected chi connectivity index (χ2v) is 3.98. The molecular formula is C14H10N2O2. The van der Waals surface area contributed by atoms with E-state index < -0.39 is 0 Å². The van der Waals surface area contributed by atoms with E-state index in [0.717, 1.165) is 16.6 Å². The number of rotatable bonds is 2. The zero-order valence-electron chi connectivity index (χ0n) is 9.75. The van der Waals surface area contributed by atoms with Crippen LogP contribution in [0.25, 0.3) is 22.4 Å². The molecule has 0 unspecified atom stereocenters. The number of aromatic nitrogens is 2. The van der Waals surface area contributed by atoms with Crippen molar-refractivity contribution in [3.8, 4) is 11.3 Å². The summed E-state index contributed by atoms with van der Waals surface area (Å²) in [6, 6.07) is 9.14. The molecule has 4 nitrogen and oxygen atoms in total. The van der Waals surface area contributed by atoms with Gasteiger partial charge in [0.2, 0.25) is 0 Å². The molecule has 3 rings (SSSR count). The topological polar surface area (TPSA) is 56.0 Å². The van der Waals surface area contributed by atoms with Crippen LogP contribution in [-0.4, -0.2) is 15.8 Å². The van der Waals surface area contributed by atoms with Crippen LogP contribution in [0.2, 0.25) is 0 Å². The van der Waals surface area contributed by atoms with Crippen molar-refractivity contribution in [1.29, 1.82) is 0 Å². The molecule has 0 amide bonds. The Hall–Kier alpha value is -2.49. The number of hydrogen-bond acceptors (Lipinski definition) is 4. The van der Waals surface area contributed by atoms with Crippen molar-refractivity contribution in [1.82, 2.24) is 9.97 Å². The summed E-state index contributed by atoms with van der Waals surface area (Å²) in [6.45, 7) is 1.48. The van der Waals surface area contributed by atoms with Gasteiger partial charge in [-0.2, -0.15) is 0 Å². The molecule has 88 valence electrons. The predicted octanol–water partition coefficient (Wildman–Crippen LogP) is 3.09. The minimum atomic E-state index is -0.0816. The Balaban J connectivity index is 2.10. The minimum absolute atomic E-state index is 0.0816. The third-order valence-electron chi connectivity index (χ3n) is 2.71. The van der Waals surface area contributed by atoms with E-state index in [-0.39, 0.29) is 5.78 Å². The number of benzene rings is 1. The average Bonchev–Trinajstić information content (AvgIpc) is 2.88. The number of ketones is 1. The van der Waals surface area contributed by atoms with Crippen LogP contribution in [0.5, 0.6) is 0 Å². The lowest BCUT2D eigenvalue weighted by molar-refractivity contribution is 0.0988. The first-order chi connectivity index (χ1) is 8.74. The molecule has 0 aliphatic carbocycles. The molecule has 0 N–H and O–H groups in total. The number of carbonyl (C=O) groups is 1. The molecule has 0 saturated heterocycles. The molecule has 18 heavy (non-hydrogen) atoms. The zero-order valence-corrected chi connectivity index (χ0v) is 9.75. The quantitative estimate of drug-likeness (QED) is 0.644. The van der Waals surface area contributed by atoms with Crippen LogP contribution in [0.15, 0.2) is 47.1 Å². The summed E-state index contributed by atoms with van der Waals surface area (Å²) >= 11 is 0. The SMILES string of the molecule is CC(=O)c1ccc(-c2ccc3nccnc3c2)o1. The van der Waals surface area contributed by atoms with Gasteiger partial charge in [-0.25, -0.2) is 0 Å². The van der Waals surface area contributed by atoms with Gasteiger partial charge in [0.15, 0.2) is 11.5 Å². The van der Waals surface area contributed by atoms with Crippen LogP contribution >= 0.6 is 0 Å². The van der Waals surface area contributed by atoms with E-state index in [2.05, 4.69) is 9.97 Å². The molecule has 0 spiro atoms. The molecule has 0 aliphatic rings. The maximum absolute atomic E-state index is 11.2. The van der Waals surface area contributed by atoms with Gasteiger partial charge in [-0.05, 0) is 30.3 Å². The third-order valence-corrected chi connectivity index (χ3v) is 2.71. The predicted molar refractivity (Wildman–Crippen MR) is 67.2 cm³/mol. The maximum atomic E-state index is 11.2. The maximum Gasteiger partial charge on any atom is 0.194 e. The third kappa shape index (κ3) is 1.78. The first-order valence-electron chi connectivity index (χ1n) is 5.56. The van der Waals surface area contributed by atoms with Gasteiger partial charge in [-0.3, -0.25) is 14.8 Å². The van der Waals surface area contributed by atoms with Crippen LogP contribution in [0.3, 0.4) is 0 Å². The Morgan fingerprint density at radius 2 is 1.83 bits per heavy atom. The standard InChI is InChI=1S/C14H10N2O2/c1-9(17)13-4-5-14(18-13)10-2-3-11-12(8-10)16-7-6-15-11/h2-8H,1H3. The molecule has 0 aliphatic heterocycles. The highest BCUT2D eigenvalue weighted by atomic mass is 16.3. The summed E-state index contributed by atoms with van der Waals surface area (Å²) in [4.78, 5) is 19.6. The van der Waals surface area contributed by atoms with Crippen molar-refractivity contribution < 1.29 is 9.21 Å². The van der Waals surface area contributed by atoms with E-state index in [4.69, 9.17) is 4.42 Å². The lowest BCUT2D eigenvalue weighted by Gasteiger charge is -1.99. The van der Waals surface area contributed by atoms with Gasteiger partial charge in [0.1, 0.15) is 5.76 Å². The molecule has 2 aromatic heterocycles. The number of Topliss-reactive ketones (excluding diaryl/α,β-unsaturated/α-hetero) is 1. The van der Waals surface area contributed by atoms with E-state index >= 15 is 0 Å². The van der Waals surface area contributed by atoms with Crippen LogP contribution in [0.1, 0.15) is 17.5 Å². The summed E-state index contributed by atoms with van der Waals surface area (Å²) in [6.07, 6.45) is 3.30. The monoisotopic (exact) mass is 238 g/mol. The molecule has 1 aromatic carbocycles. The van der Waals surface area contributed by atoms with E-state index in [9.17, 15) is 4.79 Å². The van der Waals surface area contributed by atoms with Crippen LogP contribution in [0.4, 0.5) is 0 Å². The van der Waals surface area contributed by atoms with E-state index in [1.807, 2.05) is 18.2 Å². The van der Waals surface area contributed by atoms with Crippen molar-refractivity contribution in [2.45, 2.75) is 6.92 Å². The zero-order chi connectivity index (χ0) is 12.5. The summed E-state index contributed by atoms with van der Waals surface area (Å²) in [7, 11) is 0. The van der Waals surface area contributed by atoms with Crippen molar-refractivity contribution in [2.75, 3.05) is 0 Å².